The summed E-state index contributed by atoms with van der Waals surface area (Å²) in [6.45, 7) is 0. The molecule has 2 aliphatic heterocycles. The minimum Gasteiger partial charge on any atom is -0.496 e. The van der Waals surface area contributed by atoms with E-state index in [2.05, 4.69) is 11.9 Å². The number of benzene rings is 1. The molecule has 2 heterocycles. The number of methoxy groups -OCH3 is 1. The van der Waals surface area contributed by atoms with Crippen LogP contribution < -0.4 is 4.74 Å². The Hall–Kier alpha value is -1.13. The van der Waals surface area contributed by atoms with E-state index in [9.17, 15) is 9.50 Å². The molecule has 1 aromatic rings. The van der Waals surface area contributed by atoms with Crippen molar-refractivity contribution in [3.8, 4) is 5.75 Å². The van der Waals surface area contributed by atoms with Crippen LogP contribution in [0.5, 0.6) is 5.75 Å². The van der Waals surface area contributed by atoms with E-state index in [1.54, 1.807) is 6.07 Å². The molecule has 2 aliphatic rings. The number of nitrogens with zero attached hydrogens (tertiary/aromatic N) is 1. The first-order chi connectivity index (χ1) is 9.03. The lowest BCUT2D eigenvalue weighted by molar-refractivity contribution is -0.0506. The third-order valence-electron chi connectivity index (χ3n) is 4.80. The van der Waals surface area contributed by atoms with Gasteiger partial charge in [-0.2, -0.15) is 0 Å². The van der Waals surface area contributed by atoms with Crippen LogP contribution in [0.15, 0.2) is 18.2 Å². The third kappa shape index (κ3) is 2.03. The molecule has 0 aromatic heterocycles. The zero-order valence-electron chi connectivity index (χ0n) is 11.4. The maximum absolute atomic E-state index is 13.3. The summed E-state index contributed by atoms with van der Waals surface area (Å²) in [6.07, 6.45) is 3.66. The van der Waals surface area contributed by atoms with E-state index in [0.717, 1.165) is 18.4 Å². The molecule has 2 fully saturated rings. The van der Waals surface area contributed by atoms with Crippen molar-refractivity contribution in [2.45, 2.75) is 43.4 Å². The minimum absolute atomic E-state index is 0.333. The smallest absolute Gasteiger partial charge is 0.127 e. The fourth-order valence-corrected chi connectivity index (χ4v) is 3.71. The Bertz CT molecular complexity index is 477. The Balaban J connectivity index is 1.97. The fraction of sp³-hybridized carbons (Fsp3) is 0.600. The summed E-state index contributed by atoms with van der Waals surface area (Å²) in [5.41, 5.74) is -0.168. The van der Waals surface area contributed by atoms with Gasteiger partial charge >= 0.3 is 0 Å². The van der Waals surface area contributed by atoms with Gasteiger partial charge in [-0.3, -0.25) is 0 Å². The van der Waals surface area contributed by atoms with Crippen molar-refractivity contribution in [3.63, 3.8) is 0 Å². The van der Waals surface area contributed by atoms with E-state index in [0.29, 0.717) is 30.7 Å². The van der Waals surface area contributed by atoms with Gasteiger partial charge in [0.2, 0.25) is 0 Å². The summed E-state index contributed by atoms with van der Waals surface area (Å²) in [7, 11) is 3.65. The summed E-state index contributed by atoms with van der Waals surface area (Å²) in [5, 5.41) is 11.0. The number of halogens is 1. The molecule has 0 aliphatic carbocycles. The molecule has 1 N–H and O–H groups in total. The summed E-state index contributed by atoms with van der Waals surface area (Å²) in [5.74, 6) is 0.117. The Labute approximate surface area is 113 Å². The zero-order valence-corrected chi connectivity index (χ0v) is 11.4. The first-order valence-electron chi connectivity index (χ1n) is 6.82. The molecular formula is C15H20FNO2. The monoisotopic (exact) mass is 265 g/mol. The van der Waals surface area contributed by atoms with Crippen LogP contribution in [-0.2, 0) is 5.60 Å². The number of ether oxygens (including phenoxy) is 1. The molecule has 2 unspecified atom stereocenters. The lowest BCUT2D eigenvalue weighted by atomic mass is 9.80. The zero-order chi connectivity index (χ0) is 13.6. The van der Waals surface area contributed by atoms with E-state index in [1.165, 1.54) is 19.2 Å². The van der Waals surface area contributed by atoms with E-state index in [1.807, 2.05) is 0 Å². The molecule has 0 saturated carbocycles. The molecule has 1 aromatic carbocycles. The molecule has 3 rings (SSSR count). The highest BCUT2D eigenvalue weighted by molar-refractivity contribution is 5.39. The number of aliphatic hydroxyl groups is 1. The van der Waals surface area contributed by atoms with Gasteiger partial charge in [0, 0.05) is 23.7 Å². The average Bonchev–Trinajstić information content (AvgIpc) is 2.62. The molecule has 2 atom stereocenters. The number of fused-ring (bicyclic) bond motifs is 2. The summed E-state index contributed by atoms with van der Waals surface area (Å²) >= 11 is 0. The Morgan fingerprint density at radius 3 is 2.53 bits per heavy atom. The lowest BCUT2D eigenvalue weighted by Crippen LogP contribution is -2.47. The van der Waals surface area contributed by atoms with Gasteiger partial charge in [-0.1, -0.05) is 0 Å². The van der Waals surface area contributed by atoms with Crippen molar-refractivity contribution in [2.75, 3.05) is 14.2 Å². The first-order valence-corrected chi connectivity index (χ1v) is 6.82. The molecule has 4 heteroatoms. The van der Waals surface area contributed by atoms with E-state index in [-0.39, 0.29) is 5.82 Å². The Kier molecular flexibility index (Phi) is 3.02. The van der Waals surface area contributed by atoms with Crippen LogP contribution in [0, 0.1) is 5.82 Å². The van der Waals surface area contributed by atoms with E-state index < -0.39 is 5.60 Å². The minimum atomic E-state index is -0.891. The van der Waals surface area contributed by atoms with Crippen molar-refractivity contribution < 1.29 is 14.2 Å². The maximum atomic E-state index is 13.3. The first kappa shape index (κ1) is 12.9. The van der Waals surface area contributed by atoms with Gasteiger partial charge in [0.15, 0.2) is 0 Å². The normalized spacial score (nSPS) is 34.5. The van der Waals surface area contributed by atoms with Crippen molar-refractivity contribution in [1.29, 1.82) is 0 Å². The molecule has 0 spiro atoms. The lowest BCUT2D eigenvalue weighted by Gasteiger charge is -2.42. The second-order valence-corrected chi connectivity index (χ2v) is 5.83. The highest BCUT2D eigenvalue weighted by Crippen LogP contribution is 2.47. The van der Waals surface area contributed by atoms with Crippen LogP contribution in [0.25, 0.3) is 0 Å². The predicted molar refractivity (Wildman–Crippen MR) is 70.7 cm³/mol. The van der Waals surface area contributed by atoms with Crippen LogP contribution in [0.4, 0.5) is 4.39 Å². The molecular weight excluding hydrogens is 245 g/mol. The third-order valence-corrected chi connectivity index (χ3v) is 4.80. The Morgan fingerprint density at radius 2 is 1.95 bits per heavy atom. The second-order valence-electron chi connectivity index (χ2n) is 5.83. The molecule has 104 valence electrons. The summed E-state index contributed by atoms with van der Waals surface area (Å²) in [4.78, 5) is 2.37. The highest BCUT2D eigenvalue weighted by atomic mass is 19.1. The number of hydrogen-bond donors (Lipinski definition) is 1. The summed E-state index contributed by atoms with van der Waals surface area (Å²) in [6, 6.07) is 5.25. The molecule has 0 radical (unpaired) electrons. The van der Waals surface area contributed by atoms with Crippen LogP contribution in [-0.4, -0.2) is 36.2 Å². The van der Waals surface area contributed by atoms with Crippen LogP contribution >= 0.6 is 0 Å². The predicted octanol–water partition coefficient (Wildman–Crippen LogP) is 2.28. The van der Waals surface area contributed by atoms with Crippen molar-refractivity contribution >= 4 is 0 Å². The SMILES string of the molecule is COc1cc(F)ccc1C1(O)CC2CCC(C1)N2C. The van der Waals surface area contributed by atoms with E-state index in [4.69, 9.17) is 4.74 Å². The van der Waals surface area contributed by atoms with Gasteiger partial charge in [-0.15, -0.1) is 0 Å². The fourth-order valence-electron chi connectivity index (χ4n) is 3.71. The quantitative estimate of drug-likeness (QED) is 0.890. The molecule has 2 saturated heterocycles. The average molecular weight is 265 g/mol. The maximum Gasteiger partial charge on any atom is 0.127 e. The molecule has 19 heavy (non-hydrogen) atoms. The summed E-state index contributed by atoms with van der Waals surface area (Å²) < 4.78 is 18.5. The Morgan fingerprint density at radius 1 is 1.32 bits per heavy atom. The van der Waals surface area contributed by atoms with Gasteiger partial charge in [-0.05, 0) is 44.9 Å². The van der Waals surface area contributed by atoms with E-state index >= 15 is 0 Å². The molecule has 3 nitrogen and oxygen atoms in total. The van der Waals surface area contributed by atoms with Gasteiger partial charge in [0.1, 0.15) is 11.6 Å². The van der Waals surface area contributed by atoms with Gasteiger partial charge < -0.3 is 14.7 Å². The standard InChI is InChI=1S/C15H20FNO2/c1-17-11-4-5-12(17)9-15(18,8-11)13-6-3-10(16)7-14(13)19-2/h3,6-7,11-12,18H,4-5,8-9H2,1-2H3. The van der Waals surface area contributed by atoms with Gasteiger partial charge in [-0.25, -0.2) is 4.39 Å². The van der Waals surface area contributed by atoms with Crippen molar-refractivity contribution in [3.05, 3.63) is 29.6 Å². The van der Waals surface area contributed by atoms with Crippen LogP contribution in [0.1, 0.15) is 31.2 Å². The number of rotatable bonds is 2. The number of piperidine rings is 1. The van der Waals surface area contributed by atoms with Gasteiger partial charge in [0.25, 0.3) is 0 Å². The van der Waals surface area contributed by atoms with Gasteiger partial charge in [0.05, 0.1) is 12.7 Å². The highest BCUT2D eigenvalue weighted by Gasteiger charge is 2.47. The van der Waals surface area contributed by atoms with Crippen LogP contribution in [0.3, 0.4) is 0 Å². The van der Waals surface area contributed by atoms with Crippen molar-refractivity contribution in [2.24, 2.45) is 0 Å². The molecule has 2 bridgehead atoms. The molecule has 0 amide bonds. The number of hydrogen-bond acceptors (Lipinski definition) is 3. The second kappa shape index (κ2) is 4.46. The topological polar surface area (TPSA) is 32.7 Å². The van der Waals surface area contributed by atoms with Crippen molar-refractivity contribution in [1.82, 2.24) is 4.90 Å². The largest absolute Gasteiger partial charge is 0.496 e. The van der Waals surface area contributed by atoms with Crippen LogP contribution in [0.2, 0.25) is 0 Å².